The average Bonchev–Trinajstić information content (AvgIpc) is 3.12. The van der Waals surface area contributed by atoms with E-state index in [1.54, 1.807) is 0 Å². The lowest BCUT2D eigenvalue weighted by Gasteiger charge is -2.26. The van der Waals surface area contributed by atoms with E-state index in [-0.39, 0.29) is 24.9 Å². The molecule has 1 aliphatic rings. The molecule has 0 spiro atoms. The Balaban J connectivity index is 1.51. The summed E-state index contributed by atoms with van der Waals surface area (Å²) in [5, 5.41) is 14.7. The predicted octanol–water partition coefficient (Wildman–Crippen LogP) is 4.41. The fourth-order valence-electron chi connectivity index (χ4n) is 4.16. The van der Waals surface area contributed by atoms with Crippen molar-refractivity contribution in [3.05, 3.63) is 59.7 Å². The molecule has 3 N–H and O–H groups in total. The van der Waals surface area contributed by atoms with Gasteiger partial charge in [-0.3, -0.25) is 4.79 Å². The molecular formula is C26H32N2O5S. The zero-order valence-electron chi connectivity index (χ0n) is 19.8. The monoisotopic (exact) mass is 484 g/mol. The van der Waals surface area contributed by atoms with Gasteiger partial charge in [-0.05, 0) is 61.0 Å². The van der Waals surface area contributed by atoms with Crippen LogP contribution in [0.4, 0.5) is 4.79 Å². The lowest BCUT2D eigenvalue weighted by atomic mass is 9.98. The van der Waals surface area contributed by atoms with Gasteiger partial charge in [-0.2, -0.15) is 11.8 Å². The number of nitrogens with one attached hydrogen (secondary N) is 2. The second-order valence-corrected chi connectivity index (χ2v) is 10.1. The van der Waals surface area contributed by atoms with Crippen molar-refractivity contribution >= 4 is 29.7 Å². The van der Waals surface area contributed by atoms with Gasteiger partial charge in [-0.25, -0.2) is 9.59 Å². The Kier molecular flexibility index (Phi) is 8.61. The van der Waals surface area contributed by atoms with E-state index in [2.05, 4.69) is 34.9 Å². The van der Waals surface area contributed by atoms with Crippen molar-refractivity contribution < 1.29 is 24.2 Å². The fraction of sp³-hybridized carbons (Fsp3) is 0.423. The Morgan fingerprint density at radius 1 is 1.06 bits per heavy atom. The first-order valence-electron chi connectivity index (χ1n) is 11.4. The molecule has 2 aromatic rings. The molecule has 3 rings (SSSR count). The zero-order valence-corrected chi connectivity index (χ0v) is 20.6. The molecular weight excluding hydrogens is 452 g/mol. The van der Waals surface area contributed by atoms with Gasteiger partial charge < -0.3 is 20.5 Å². The van der Waals surface area contributed by atoms with E-state index in [0.717, 1.165) is 22.3 Å². The molecule has 0 aromatic heterocycles. The summed E-state index contributed by atoms with van der Waals surface area (Å²) < 4.78 is 5.59. The van der Waals surface area contributed by atoms with Crippen LogP contribution < -0.4 is 10.6 Å². The number of hydrogen-bond donors (Lipinski definition) is 3. The van der Waals surface area contributed by atoms with Crippen molar-refractivity contribution in [2.75, 3.05) is 18.6 Å². The molecule has 0 heterocycles. The van der Waals surface area contributed by atoms with Crippen molar-refractivity contribution in [1.29, 1.82) is 0 Å². The highest BCUT2D eigenvalue weighted by Crippen LogP contribution is 2.44. The van der Waals surface area contributed by atoms with E-state index in [1.807, 2.05) is 44.4 Å². The van der Waals surface area contributed by atoms with Crippen molar-refractivity contribution in [2.24, 2.45) is 0 Å². The molecule has 1 aliphatic carbocycles. The molecule has 0 radical (unpaired) electrons. The third-order valence-corrected chi connectivity index (χ3v) is 6.65. The number of alkyl carbamates (subject to hydrolysis) is 1. The minimum absolute atomic E-state index is 0.0266. The number of carboxylic acids is 1. The van der Waals surface area contributed by atoms with Crippen LogP contribution in [-0.4, -0.2) is 53.3 Å². The lowest BCUT2D eigenvalue weighted by Crippen LogP contribution is -2.46. The Morgan fingerprint density at radius 3 is 2.21 bits per heavy atom. The summed E-state index contributed by atoms with van der Waals surface area (Å²) in [5.41, 5.74) is 3.91. The van der Waals surface area contributed by atoms with E-state index in [0.29, 0.717) is 18.6 Å². The number of carbonyl (C=O) groups is 3. The molecule has 7 nitrogen and oxygen atoms in total. The highest BCUT2D eigenvalue weighted by molar-refractivity contribution is 7.98. The number of ether oxygens (including phenoxy) is 1. The third kappa shape index (κ3) is 6.53. The molecule has 1 atom stereocenters. The summed E-state index contributed by atoms with van der Waals surface area (Å²) in [6.07, 6.45) is 2.15. The van der Waals surface area contributed by atoms with Crippen LogP contribution in [0.25, 0.3) is 11.1 Å². The van der Waals surface area contributed by atoms with Crippen LogP contribution in [0.2, 0.25) is 0 Å². The maximum atomic E-state index is 12.6. The molecule has 0 saturated heterocycles. The van der Waals surface area contributed by atoms with Crippen molar-refractivity contribution in [3.8, 4) is 11.1 Å². The van der Waals surface area contributed by atoms with E-state index in [9.17, 15) is 19.5 Å². The standard InChI is InChI=1S/C26H32N2O5S/c1-26(2,14-12-23(29)27-22(24(30)31)13-15-34-3)28-25(32)33-16-21-19-10-6-4-8-17(19)18-9-5-7-11-20(18)21/h4-11,21-22H,12-16H2,1-3H3,(H,27,29)(H,28,32)(H,30,31)/t22-/m1/s1. The Hall–Kier alpha value is -3.00. The van der Waals surface area contributed by atoms with Crippen LogP contribution in [0.5, 0.6) is 0 Å². The first-order chi connectivity index (χ1) is 16.2. The Morgan fingerprint density at radius 2 is 1.65 bits per heavy atom. The number of rotatable bonds is 11. The van der Waals surface area contributed by atoms with Crippen LogP contribution >= 0.6 is 11.8 Å². The maximum Gasteiger partial charge on any atom is 0.407 e. The largest absolute Gasteiger partial charge is 0.480 e. The molecule has 182 valence electrons. The number of aliphatic carboxylic acids is 1. The van der Waals surface area contributed by atoms with E-state index < -0.39 is 23.6 Å². The Bertz CT molecular complexity index is 994. The van der Waals surface area contributed by atoms with Crippen molar-refractivity contribution in [3.63, 3.8) is 0 Å². The highest BCUT2D eigenvalue weighted by atomic mass is 32.2. The maximum absolute atomic E-state index is 12.6. The first kappa shape index (κ1) is 25.6. The van der Waals surface area contributed by atoms with Crippen LogP contribution in [-0.2, 0) is 14.3 Å². The van der Waals surface area contributed by atoms with Gasteiger partial charge in [0.25, 0.3) is 0 Å². The Labute approximate surface area is 204 Å². The topological polar surface area (TPSA) is 105 Å². The van der Waals surface area contributed by atoms with Crippen molar-refractivity contribution in [2.45, 2.75) is 50.6 Å². The van der Waals surface area contributed by atoms with E-state index in [1.165, 1.54) is 11.8 Å². The molecule has 0 bridgehead atoms. The third-order valence-electron chi connectivity index (χ3n) is 6.01. The van der Waals surface area contributed by atoms with Gasteiger partial charge in [-0.1, -0.05) is 48.5 Å². The van der Waals surface area contributed by atoms with Gasteiger partial charge in [0.1, 0.15) is 12.6 Å². The van der Waals surface area contributed by atoms with Crippen LogP contribution in [0, 0.1) is 0 Å². The summed E-state index contributed by atoms with van der Waals surface area (Å²) in [6, 6.07) is 15.4. The summed E-state index contributed by atoms with van der Waals surface area (Å²) in [5.74, 6) is -0.776. The molecule has 0 unspecified atom stereocenters. The zero-order chi connectivity index (χ0) is 24.7. The number of amides is 2. The smallest absolute Gasteiger partial charge is 0.407 e. The number of hydrogen-bond acceptors (Lipinski definition) is 5. The molecule has 2 amide bonds. The van der Waals surface area contributed by atoms with Crippen LogP contribution in [0.3, 0.4) is 0 Å². The SMILES string of the molecule is CSCC[C@@H](NC(=O)CCC(C)(C)NC(=O)OCC1c2ccccc2-c2ccccc21)C(=O)O. The molecule has 8 heteroatoms. The van der Waals surface area contributed by atoms with Crippen LogP contribution in [0.15, 0.2) is 48.5 Å². The van der Waals surface area contributed by atoms with Crippen molar-refractivity contribution in [1.82, 2.24) is 10.6 Å². The number of fused-ring (bicyclic) bond motifs is 3. The van der Waals surface area contributed by atoms with E-state index in [4.69, 9.17) is 4.74 Å². The normalized spacial score (nSPS) is 13.5. The molecule has 0 saturated carbocycles. The summed E-state index contributed by atoms with van der Waals surface area (Å²) in [6.45, 7) is 3.83. The molecule has 0 fully saturated rings. The predicted molar refractivity (Wildman–Crippen MR) is 134 cm³/mol. The summed E-state index contributed by atoms with van der Waals surface area (Å²) in [7, 11) is 0. The number of carbonyl (C=O) groups excluding carboxylic acids is 2. The van der Waals surface area contributed by atoms with Gasteiger partial charge in [0.2, 0.25) is 5.91 Å². The minimum atomic E-state index is -1.04. The highest BCUT2D eigenvalue weighted by Gasteiger charge is 2.30. The quantitative estimate of drug-likeness (QED) is 0.437. The fourth-order valence-corrected chi connectivity index (χ4v) is 4.63. The van der Waals surface area contributed by atoms with Gasteiger partial charge >= 0.3 is 12.1 Å². The summed E-state index contributed by atoms with van der Waals surface area (Å²) in [4.78, 5) is 36.1. The summed E-state index contributed by atoms with van der Waals surface area (Å²) >= 11 is 1.53. The molecule has 2 aromatic carbocycles. The van der Waals surface area contributed by atoms with E-state index >= 15 is 0 Å². The van der Waals surface area contributed by atoms with Crippen LogP contribution in [0.1, 0.15) is 50.2 Å². The minimum Gasteiger partial charge on any atom is -0.480 e. The van der Waals surface area contributed by atoms with Gasteiger partial charge in [-0.15, -0.1) is 0 Å². The number of benzene rings is 2. The first-order valence-corrected chi connectivity index (χ1v) is 12.8. The second-order valence-electron chi connectivity index (χ2n) is 9.07. The van der Waals surface area contributed by atoms with Gasteiger partial charge in [0.05, 0.1) is 0 Å². The number of carboxylic acid groups (broad SMARTS) is 1. The average molecular weight is 485 g/mol. The molecule has 34 heavy (non-hydrogen) atoms. The second kappa shape index (κ2) is 11.4. The van der Waals surface area contributed by atoms with Gasteiger partial charge in [0.15, 0.2) is 0 Å². The van der Waals surface area contributed by atoms with Gasteiger partial charge in [0, 0.05) is 17.9 Å². The molecule has 0 aliphatic heterocycles. The lowest BCUT2D eigenvalue weighted by molar-refractivity contribution is -0.141. The number of thioether (sulfide) groups is 1.